The third-order valence-electron chi connectivity index (χ3n) is 4.61. The van der Waals surface area contributed by atoms with Crippen molar-refractivity contribution < 1.29 is 9.21 Å². The summed E-state index contributed by atoms with van der Waals surface area (Å²) in [6.45, 7) is 3.25. The molecule has 0 radical (unpaired) electrons. The van der Waals surface area contributed by atoms with Crippen molar-refractivity contribution in [2.75, 3.05) is 13.1 Å². The maximum Gasteiger partial charge on any atom is 0.272 e. The summed E-state index contributed by atoms with van der Waals surface area (Å²) < 4.78 is 5.85. The van der Waals surface area contributed by atoms with E-state index in [0.717, 1.165) is 24.1 Å². The zero-order valence-electron chi connectivity index (χ0n) is 14.5. The Morgan fingerprint density at radius 2 is 1.96 bits per heavy atom. The lowest BCUT2D eigenvalue weighted by Crippen LogP contribution is -2.38. The van der Waals surface area contributed by atoms with Gasteiger partial charge in [0, 0.05) is 37.1 Å². The van der Waals surface area contributed by atoms with Crippen LogP contribution >= 0.6 is 0 Å². The molecule has 7 heteroatoms. The molecule has 1 fully saturated rings. The second-order valence-electron chi connectivity index (χ2n) is 6.42. The molecule has 132 valence electrons. The van der Waals surface area contributed by atoms with E-state index >= 15 is 0 Å². The molecule has 0 saturated carbocycles. The molecule has 0 N–H and O–H groups in total. The van der Waals surface area contributed by atoms with Gasteiger partial charge in [-0.3, -0.25) is 14.8 Å². The van der Waals surface area contributed by atoms with Crippen LogP contribution in [0.25, 0.3) is 11.5 Å². The summed E-state index contributed by atoms with van der Waals surface area (Å²) in [5.74, 6) is 1.26. The molecule has 0 aromatic carbocycles. The second-order valence-corrected chi connectivity index (χ2v) is 6.42. The predicted octanol–water partition coefficient (Wildman–Crippen LogP) is 2.85. The molecule has 7 nitrogen and oxygen atoms in total. The molecule has 4 rings (SSSR count). The standard InChI is InChI=1S/C19H19N5O2/c1-13-5-6-15(12-21-13)18-23-22-17(26-18)14-7-10-24(11-8-14)19(25)16-4-2-3-9-20-16/h2-6,9,12,14H,7-8,10-11H2,1H3. The first kappa shape index (κ1) is 16.4. The Morgan fingerprint density at radius 3 is 2.65 bits per heavy atom. The summed E-state index contributed by atoms with van der Waals surface area (Å²) in [5.41, 5.74) is 2.24. The molecule has 0 unspecified atom stereocenters. The lowest BCUT2D eigenvalue weighted by molar-refractivity contribution is 0.0700. The molecule has 26 heavy (non-hydrogen) atoms. The number of aromatic nitrogens is 4. The molecular weight excluding hydrogens is 330 g/mol. The second kappa shape index (κ2) is 7.03. The van der Waals surface area contributed by atoms with Crippen LogP contribution in [0.1, 0.15) is 40.8 Å². The number of hydrogen-bond acceptors (Lipinski definition) is 6. The number of aryl methyl sites for hydroxylation is 1. The van der Waals surface area contributed by atoms with Crippen LogP contribution in [0.5, 0.6) is 0 Å². The summed E-state index contributed by atoms with van der Waals surface area (Å²) in [4.78, 5) is 22.7. The van der Waals surface area contributed by atoms with Crippen molar-refractivity contribution in [1.82, 2.24) is 25.1 Å². The normalized spacial score (nSPS) is 15.2. The first-order chi connectivity index (χ1) is 12.7. The number of piperidine rings is 1. The fourth-order valence-corrected chi connectivity index (χ4v) is 3.09. The average Bonchev–Trinajstić information content (AvgIpc) is 3.19. The van der Waals surface area contributed by atoms with E-state index in [4.69, 9.17) is 4.42 Å². The smallest absolute Gasteiger partial charge is 0.272 e. The van der Waals surface area contributed by atoms with Gasteiger partial charge in [-0.15, -0.1) is 10.2 Å². The maximum atomic E-state index is 12.5. The van der Waals surface area contributed by atoms with Crippen LogP contribution in [-0.2, 0) is 0 Å². The minimum Gasteiger partial charge on any atom is -0.420 e. The number of rotatable bonds is 3. The van der Waals surface area contributed by atoms with Crippen molar-refractivity contribution in [3.8, 4) is 11.5 Å². The molecule has 1 aliphatic rings. The summed E-state index contributed by atoms with van der Waals surface area (Å²) in [6, 6.07) is 9.22. The van der Waals surface area contributed by atoms with E-state index in [1.165, 1.54) is 0 Å². The van der Waals surface area contributed by atoms with Gasteiger partial charge in [0.2, 0.25) is 11.8 Å². The average molecular weight is 349 g/mol. The van der Waals surface area contributed by atoms with Crippen LogP contribution < -0.4 is 0 Å². The topological polar surface area (TPSA) is 85.0 Å². The Bertz CT molecular complexity index is 884. The largest absolute Gasteiger partial charge is 0.420 e. The number of amides is 1. The van der Waals surface area contributed by atoms with Crippen LogP contribution in [-0.4, -0.2) is 44.1 Å². The highest BCUT2D eigenvalue weighted by Gasteiger charge is 2.28. The fourth-order valence-electron chi connectivity index (χ4n) is 3.09. The summed E-state index contributed by atoms with van der Waals surface area (Å²) in [5, 5.41) is 8.35. The van der Waals surface area contributed by atoms with E-state index in [1.807, 2.05) is 30.0 Å². The van der Waals surface area contributed by atoms with Crippen LogP contribution in [0, 0.1) is 6.92 Å². The quantitative estimate of drug-likeness (QED) is 0.723. The molecule has 4 heterocycles. The maximum absolute atomic E-state index is 12.5. The number of hydrogen-bond donors (Lipinski definition) is 0. The molecule has 1 saturated heterocycles. The summed E-state index contributed by atoms with van der Waals surface area (Å²) in [7, 11) is 0. The van der Waals surface area contributed by atoms with E-state index < -0.39 is 0 Å². The fraction of sp³-hybridized carbons (Fsp3) is 0.316. The Balaban J connectivity index is 1.41. The highest BCUT2D eigenvalue weighted by Crippen LogP contribution is 2.29. The minimum atomic E-state index is -0.0269. The van der Waals surface area contributed by atoms with Crippen molar-refractivity contribution >= 4 is 5.91 Å². The van der Waals surface area contributed by atoms with Gasteiger partial charge in [0.15, 0.2) is 0 Å². The molecule has 0 atom stereocenters. The zero-order valence-corrected chi connectivity index (χ0v) is 14.5. The van der Waals surface area contributed by atoms with Gasteiger partial charge >= 0.3 is 0 Å². The van der Waals surface area contributed by atoms with E-state index in [9.17, 15) is 4.79 Å². The van der Waals surface area contributed by atoms with Crippen molar-refractivity contribution in [3.63, 3.8) is 0 Å². The van der Waals surface area contributed by atoms with Gasteiger partial charge < -0.3 is 9.32 Å². The lowest BCUT2D eigenvalue weighted by atomic mass is 9.96. The Morgan fingerprint density at radius 1 is 1.12 bits per heavy atom. The van der Waals surface area contributed by atoms with Gasteiger partial charge in [-0.1, -0.05) is 6.07 Å². The number of nitrogens with zero attached hydrogens (tertiary/aromatic N) is 5. The predicted molar refractivity (Wildman–Crippen MR) is 94.4 cm³/mol. The molecule has 0 spiro atoms. The molecule has 1 amide bonds. The molecular formula is C19H19N5O2. The van der Waals surface area contributed by atoms with Crippen molar-refractivity contribution in [2.24, 2.45) is 0 Å². The van der Waals surface area contributed by atoms with E-state index in [-0.39, 0.29) is 11.8 Å². The number of likely N-dealkylation sites (tertiary alicyclic amines) is 1. The van der Waals surface area contributed by atoms with Crippen LogP contribution in [0.4, 0.5) is 0 Å². The van der Waals surface area contributed by atoms with E-state index in [1.54, 1.807) is 24.5 Å². The van der Waals surface area contributed by atoms with Crippen LogP contribution in [0.2, 0.25) is 0 Å². The van der Waals surface area contributed by atoms with Gasteiger partial charge in [0.05, 0.1) is 5.56 Å². The lowest BCUT2D eigenvalue weighted by Gasteiger charge is -2.30. The van der Waals surface area contributed by atoms with Crippen molar-refractivity contribution in [1.29, 1.82) is 0 Å². The number of carbonyl (C=O) groups excluding carboxylic acids is 1. The van der Waals surface area contributed by atoms with Crippen LogP contribution in [0.15, 0.2) is 47.1 Å². The monoisotopic (exact) mass is 349 g/mol. The number of carbonyl (C=O) groups is 1. The van der Waals surface area contributed by atoms with Gasteiger partial charge in [0.1, 0.15) is 5.69 Å². The van der Waals surface area contributed by atoms with Gasteiger partial charge in [-0.25, -0.2) is 0 Å². The number of pyridine rings is 2. The highest BCUT2D eigenvalue weighted by molar-refractivity contribution is 5.92. The van der Waals surface area contributed by atoms with Gasteiger partial charge in [-0.2, -0.15) is 0 Å². The summed E-state index contributed by atoms with van der Waals surface area (Å²) >= 11 is 0. The van der Waals surface area contributed by atoms with Crippen LogP contribution in [0.3, 0.4) is 0 Å². The molecule has 1 aliphatic heterocycles. The van der Waals surface area contributed by atoms with Gasteiger partial charge in [0.25, 0.3) is 5.91 Å². The molecule has 3 aromatic rings. The van der Waals surface area contributed by atoms with E-state index in [2.05, 4.69) is 20.2 Å². The molecule has 3 aromatic heterocycles. The summed E-state index contributed by atoms with van der Waals surface area (Å²) in [6.07, 6.45) is 4.97. The highest BCUT2D eigenvalue weighted by atomic mass is 16.4. The van der Waals surface area contributed by atoms with Crippen molar-refractivity contribution in [3.05, 3.63) is 60.0 Å². The molecule has 0 aliphatic carbocycles. The van der Waals surface area contributed by atoms with Gasteiger partial charge in [-0.05, 0) is 44.0 Å². The first-order valence-corrected chi connectivity index (χ1v) is 8.67. The Labute approximate surface area is 151 Å². The molecule has 0 bridgehead atoms. The SMILES string of the molecule is Cc1ccc(-c2nnc(C3CCN(C(=O)c4ccccn4)CC3)o2)cn1. The minimum absolute atomic E-state index is 0.0269. The first-order valence-electron chi connectivity index (χ1n) is 8.67. The Kier molecular flexibility index (Phi) is 4.43. The Hall–Kier alpha value is -3.09. The third-order valence-corrected chi connectivity index (χ3v) is 4.61. The van der Waals surface area contributed by atoms with Crippen molar-refractivity contribution in [2.45, 2.75) is 25.7 Å². The third kappa shape index (κ3) is 3.33. The van der Waals surface area contributed by atoms with E-state index in [0.29, 0.717) is 30.6 Å². The zero-order chi connectivity index (χ0) is 17.9.